The Balaban J connectivity index is 2.05. The van der Waals surface area contributed by atoms with Crippen molar-refractivity contribution >= 4 is 74.0 Å². The van der Waals surface area contributed by atoms with Gasteiger partial charge in [0.25, 0.3) is 5.91 Å². The van der Waals surface area contributed by atoms with Gasteiger partial charge in [-0.05, 0) is 43.3 Å². The van der Waals surface area contributed by atoms with Gasteiger partial charge in [-0.3, -0.25) is 4.79 Å². The molecule has 4 nitrogen and oxygen atoms in total. The number of nitrogens with zero attached hydrogens (tertiary/aromatic N) is 1. The molecule has 1 aliphatic heterocycles. The van der Waals surface area contributed by atoms with E-state index in [-0.39, 0.29) is 5.91 Å². The summed E-state index contributed by atoms with van der Waals surface area (Å²) in [5, 5.41) is 6.17. The van der Waals surface area contributed by atoms with Gasteiger partial charge in [-0.2, -0.15) is 0 Å². The zero-order chi connectivity index (χ0) is 18.4. The Kier molecular flexibility index (Phi) is 8.08. The van der Waals surface area contributed by atoms with E-state index in [0.29, 0.717) is 10.7 Å². The van der Waals surface area contributed by atoms with Crippen LogP contribution in [-0.2, 0) is 0 Å². The second-order valence-corrected chi connectivity index (χ2v) is 9.48. The largest absolute Gasteiger partial charge is 0.349 e. The van der Waals surface area contributed by atoms with Crippen LogP contribution in [0, 0.1) is 0 Å². The number of carbonyl (C=O) groups excluding carboxylic acids is 1. The normalized spacial score (nSPS) is 16.7. The first-order chi connectivity index (χ1) is 11.8. The highest BCUT2D eigenvalue weighted by Crippen LogP contribution is 2.29. The molecule has 1 aliphatic rings. The number of amides is 1. The summed E-state index contributed by atoms with van der Waals surface area (Å²) in [6, 6.07) is 6.97. The fraction of sp³-hybridized carbons (Fsp3) is 0.500. The van der Waals surface area contributed by atoms with Crippen LogP contribution in [0.25, 0.3) is 0 Å². The van der Waals surface area contributed by atoms with Crippen molar-refractivity contribution in [2.24, 2.45) is 0 Å². The standard InChI is InChI=1S/C16H19BrCl3N3OS/c17-12-7-5-6-11(10-12)13(24)21-14(16(18,19)20)22-15(25)23-8-3-1-2-4-9-23/h5-7,10,14H,1-4,8-9H2,(H,21,24)(H,22,25)/t14-/m0/s1. The molecular weight excluding hydrogens is 469 g/mol. The average molecular weight is 488 g/mol. The first-order valence-electron chi connectivity index (χ1n) is 7.96. The minimum atomic E-state index is -1.75. The highest BCUT2D eigenvalue weighted by Gasteiger charge is 2.35. The van der Waals surface area contributed by atoms with E-state index >= 15 is 0 Å². The highest BCUT2D eigenvalue weighted by atomic mass is 79.9. The van der Waals surface area contributed by atoms with Crippen LogP contribution in [0.3, 0.4) is 0 Å². The van der Waals surface area contributed by atoms with E-state index in [0.717, 1.165) is 30.4 Å². The molecule has 2 N–H and O–H groups in total. The Morgan fingerprint density at radius 1 is 1.16 bits per heavy atom. The molecule has 1 saturated heterocycles. The number of hydrogen-bond donors (Lipinski definition) is 2. The third kappa shape index (κ3) is 6.75. The summed E-state index contributed by atoms with van der Waals surface area (Å²) < 4.78 is -0.962. The van der Waals surface area contributed by atoms with Crippen molar-refractivity contribution < 1.29 is 4.79 Å². The molecule has 0 saturated carbocycles. The number of alkyl halides is 3. The average Bonchev–Trinajstić information content (AvgIpc) is 2.82. The molecule has 0 radical (unpaired) electrons. The van der Waals surface area contributed by atoms with E-state index in [1.54, 1.807) is 18.2 Å². The summed E-state index contributed by atoms with van der Waals surface area (Å²) in [7, 11) is 0. The molecule has 2 rings (SSSR count). The van der Waals surface area contributed by atoms with Crippen LogP contribution in [0.5, 0.6) is 0 Å². The smallest absolute Gasteiger partial charge is 0.253 e. The second-order valence-electron chi connectivity index (χ2n) is 5.81. The molecule has 0 bridgehead atoms. The van der Waals surface area contributed by atoms with Crippen molar-refractivity contribution in [3.05, 3.63) is 34.3 Å². The van der Waals surface area contributed by atoms with Crippen LogP contribution < -0.4 is 10.6 Å². The lowest BCUT2D eigenvalue weighted by atomic mass is 10.2. The fourth-order valence-corrected chi connectivity index (χ4v) is 3.56. The molecule has 1 aromatic rings. The van der Waals surface area contributed by atoms with E-state index in [1.165, 1.54) is 12.8 Å². The molecule has 138 valence electrons. The zero-order valence-electron chi connectivity index (χ0n) is 13.4. The van der Waals surface area contributed by atoms with Gasteiger partial charge in [-0.1, -0.05) is 69.6 Å². The molecular formula is C16H19BrCl3N3OS. The Bertz CT molecular complexity index is 619. The van der Waals surface area contributed by atoms with Gasteiger partial charge < -0.3 is 15.5 Å². The minimum Gasteiger partial charge on any atom is -0.349 e. The van der Waals surface area contributed by atoms with E-state index in [9.17, 15) is 4.79 Å². The van der Waals surface area contributed by atoms with Gasteiger partial charge in [0.05, 0.1) is 0 Å². The third-order valence-electron chi connectivity index (χ3n) is 3.85. The van der Waals surface area contributed by atoms with Crippen LogP contribution in [0.2, 0.25) is 0 Å². The molecule has 1 fully saturated rings. The predicted octanol–water partition coefficient (Wildman–Crippen LogP) is 4.63. The maximum absolute atomic E-state index is 12.5. The first-order valence-corrected chi connectivity index (χ1v) is 10.3. The highest BCUT2D eigenvalue weighted by molar-refractivity contribution is 9.10. The quantitative estimate of drug-likeness (QED) is 0.371. The van der Waals surface area contributed by atoms with Gasteiger partial charge >= 0.3 is 0 Å². The van der Waals surface area contributed by atoms with Crippen molar-refractivity contribution in [3.8, 4) is 0 Å². The molecule has 1 aromatic carbocycles. The van der Waals surface area contributed by atoms with Crippen molar-refractivity contribution in [3.63, 3.8) is 0 Å². The van der Waals surface area contributed by atoms with Crippen LogP contribution in [0.1, 0.15) is 36.0 Å². The van der Waals surface area contributed by atoms with Gasteiger partial charge in [0.2, 0.25) is 3.79 Å². The molecule has 0 aliphatic carbocycles. The number of carbonyl (C=O) groups is 1. The molecule has 9 heteroatoms. The van der Waals surface area contributed by atoms with Gasteiger partial charge in [0, 0.05) is 23.1 Å². The lowest BCUT2D eigenvalue weighted by Crippen LogP contribution is -2.58. The van der Waals surface area contributed by atoms with Crippen LogP contribution in [0.4, 0.5) is 0 Å². The van der Waals surface area contributed by atoms with E-state index in [4.69, 9.17) is 47.0 Å². The molecule has 0 spiro atoms. The zero-order valence-corrected chi connectivity index (χ0v) is 18.1. The SMILES string of the molecule is O=C(N[C@@H](NC(=S)N1CCCCCC1)C(Cl)(Cl)Cl)c1cccc(Br)c1. The summed E-state index contributed by atoms with van der Waals surface area (Å²) in [5.74, 6) is -0.358. The number of thiocarbonyl (C=S) groups is 1. The molecule has 25 heavy (non-hydrogen) atoms. The van der Waals surface area contributed by atoms with Crippen LogP contribution in [0.15, 0.2) is 28.7 Å². The Morgan fingerprint density at radius 3 is 2.36 bits per heavy atom. The molecule has 0 unspecified atom stereocenters. The number of benzene rings is 1. The minimum absolute atomic E-state index is 0.358. The van der Waals surface area contributed by atoms with Crippen molar-refractivity contribution in [2.75, 3.05) is 13.1 Å². The topological polar surface area (TPSA) is 44.4 Å². The summed E-state index contributed by atoms with van der Waals surface area (Å²) in [4.78, 5) is 14.5. The summed E-state index contributed by atoms with van der Waals surface area (Å²) in [6.45, 7) is 1.72. The maximum Gasteiger partial charge on any atom is 0.253 e. The summed E-state index contributed by atoms with van der Waals surface area (Å²) >= 11 is 26.9. The number of halogens is 4. The van der Waals surface area contributed by atoms with Crippen LogP contribution >= 0.6 is 63.0 Å². The molecule has 1 heterocycles. The molecule has 0 aromatic heterocycles. The number of rotatable bonds is 3. The Morgan fingerprint density at radius 2 is 1.80 bits per heavy atom. The van der Waals surface area contributed by atoms with Crippen molar-refractivity contribution in [2.45, 2.75) is 35.6 Å². The number of nitrogens with one attached hydrogen (secondary N) is 2. The Labute approximate surface area is 176 Å². The van der Waals surface area contributed by atoms with E-state index in [2.05, 4.69) is 31.5 Å². The maximum atomic E-state index is 12.5. The van der Waals surface area contributed by atoms with E-state index in [1.807, 2.05) is 6.07 Å². The number of likely N-dealkylation sites (tertiary alicyclic amines) is 1. The summed E-state index contributed by atoms with van der Waals surface area (Å²) in [5.41, 5.74) is 0.455. The second kappa shape index (κ2) is 9.60. The van der Waals surface area contributed by atoms with E-state index < -0.39 is 9.96 Å². The monoisotopic (exact) mass is 485 g/mol. The van der Waals surface area contributed by atoms with Gasteiger partial charge in [-0.25, -0.2) is 0 Å². The number of hydrogen-bond acceptors (Lipinski definition) is 2. The lowest BCUT2D eigenvalue weighted by molar-refractivity contribution is 0.0933. The van der Waals surface area contributed by atoms with Crippen LogP contribution in [-0.4, -0.2) is 39.0 Å². The Hall–Kier alpha value is -0.270. The fourth-order valence-electron chi connectivity index (χ4n) is 2.53. The predicted molar refractivity (Wildman–Crippen MR) is 111 cm³/mol. The van der Waals surface area contributed by atoms with Gasteiger partial charge in [-0.15, -0.1) is 0 Å². The molecule has 1 atom stereocenters. The first kappa shape index (κ1) is 21.0. The van der Waals surface area contributed by atoms with Crippen molar-refractivity contribution in [1.82, 2.24) is 15.5 Å². The van der Waals surface area contributed by atoms with Crippen molar-refractivity contribution in [1.29, 1.82) is 0 Å². The molecule has 1 amide bonds. The lowest BCUT2D eigenvalue weighted by Gasteiger charge is -2.31. The third-order valence-corrected chi connectivity index (χ3v) is 5.37. The van der Waals surface area contributed by atoms with Gasteiger partial charge in [0.1, 0.15) is 6.17 Å². The van der Waals surface area contributed by atoms with Gasteiger partial charge in [0.15, 0.2) is 5.11 Å². The summed E-state index contributed by atoms with van der Waals surface area (Å²) in [6.07, 6.45) is 3.58.